The van der Waals surface area contributed by atoms with E-state index in [1.54, 1.807) is 0 Å². The van der Waals surface area contributed by atoms with Crippen LogP contribution in [0.3, 0.4) is 0 Å². The van der Waals surface area contributed by atoms with Crippen LogP contribution < -0.4 is 21.1 Å². The van der Waals surface area contributed by atoms with Crippen LogP contribution in [0.15, 0.2) is 33.9 Å². The van der Waals surface area contributed by atoms with Gasteiger partial charge in [0.25, 0.3) is 0 Å². The van der Waals surface area contributed by atoms with Crippen molar-refractivity contribution in [3.63, 3.8) is 0 Å². The summed E-state index contributed by atoms with van der Waals surface area (Å²) in [6.45, 7) is 3.88. The molecule has 4 nitrogen and oxygen atoms in total. The first-order chi connectivity index (χ1) is 8.91. The molecule has 2 aromatic carbocycles. The number of rotatable bonds is 4. The van der Waals surface area contributed by atoms with Crippen molar-refractivity contribution in [2.75, 3.05) is 24.3 Å². The van der Waals surface area contributed by atoms with Crippen molar-refractivity contribution >= 4 is 11.4 Å². The van der Waals surface area contributed by atoms with E-state index in [1.165, 1.54) is 0 Å². The molecule has 19 heavy (non-hydrogen) atoms. The van der Waals surface area contributed by atoms with Gasteiger partial charge in [0.1, 0.15) is 0 Å². The molecule has 0 radical (unpaired) electrons. The maximum Gasteiger partial charge on any atom is 0.250 e. The van der Waals surface area contributed by atoms with Gasteiger partial charge >= 0.3 is 0 Å². The number of anilines is 2. The summed E-state index contributed by atoms with van der Waals surface area (Å²) in [4.78, 5) is 25.3. The molecule has 4 heteroatoms. The van der Waals surface area contributed by atoms with Crippen molar-refractivity contribution in [1.82, 2.24) is 0 Å². The molecule has 0 fully saturated rings. The average molecular weight is 258 g/mol. The second kappa shape index (κ2) is 4.88. The van der Waals surface area contributed by atoms with E-state index in [-0.39, 0.29) is 6.04 Å². The first kappa shape index (κ1) is 13.3. The molecule has 0 atom stereocenters. The Hall–Kier alpha value is -2.10. The molecule has 1 N–H and O–H groups in total. The molecule has 0 saturated heterocycles. The van der Waals surface area contributed by atoms with E-state index in [0.29, 0.717) is 11.3 Å². The van der Waals surface area contributed by atoms with Gasteiger partial charge in [0.15, 0.2) is 0 Å². The van der Waals surface area contributed by atoms with E-state index in [2.05, 4.69) is 5.32 Å². The van der Waals surface area contributed by atoms with Crippen LogP contribution in [0.1, 0.15) is 13.8 Å². The van der Waals surface area contributed by atoms with Crippen LogP contribution in [0.2, 0.25) is 0 Å². The first-order valence-electron chi connectivity index (χ1n) is 6.29. The summed E-state index contributed by atoms with van der Waals surface area (Å²) in [6.07, 6.45) is 0. The Balaban J connectivity index is 2.40. The maximum atomic E-state index is 11.7. The molecule has 0 heterocycles. The lowest BCUT2D eigenvalue weighted by Crippen LogP contribution is -2.37. The molecule has 2 rings (SSSR count). The highest BCUT2D eigenvalue weighted by Gasteiger charge is 2.22. The van der Waals surface area contributed by atoms with E-state index in [1.807, 2.05) is 57.1 Å². The van der Waals surface area contributed by atoms with Crippen LogP contribution in [0.25, 0.3) is 11.1 Å². The van der Waals surface area contributed by atoms with Gasteiger partial charge in [-0.3, -0.25) is 9.59 Å². The SMILES string of the molecule is CC(C)Nc1c(-c2ccc(N(C)C)cc2)c(=O)c1=O. The summed E-state index contributed by atoms with van der Waals surface area (Å²) >= 11 is 0. The monoisotopic (exact) mass is 258 g/mol. The van der Waals surface area contributed by atoms with Gasteiger partial charge in [0.2, 0.25) is 10.9 Å². The molecule has 100 valence electrons. The van der Waals surface area contributed by atoms with Crippen molar-refractivity contribution in [1.29, 1.82) is 0 Å². The Bertz CT molecular complexity index is 648. The Morgan fingerprint density at radius 1 is 1.00 bits per heavy atom. The highest BCUT2D eigenvalue weighted by molar-refractivity contribution is 5.82. The molecule has 0 bridgehead atoms. The van der Waals surface area contributed by atoms with Gasteiger partial charge in [-0.25, -0.2) is 0 Å². The highest BCUT2D eigenvalue weighted by Crippen LogP contribution is 2.25. The zero-order valence-electron chi connectivity index (χ0n) is 11.7. The van der Waals surface area contributed by atoms with Crippen LogP contribution in [0.5, 0.6) is 0 Å². The molecular weight excluding hydrogens is 240 g/mol. The van der Waals surface area contributed by atoms with Crippen LogP contribution in [0.4, 0.5) is 11.4 Å². The molecule has 0 saturated carbocycles. The Labute approximate surface area is 112 Å². The van der Waals surface area contributed by atoms with E-state index < -0.39 is 10.9 Å². The minimum Gasteiger partial charge on any atom is -0.379 e. The topological polar surface area (TPSA) is 49.4 Å². The van der Waals surface area contributed by atoms with E-state index in [0.717, 1.165) is 11.3 Å². The molecule has 0 unspecified atom stereocenters. The van der Waals surface area contributed by atoms with Gasteiger partial charge in [0.05, 0.1) is 11.3 Å². The van der Waals surface area contributed by atoms with E-state index in [4.69, 9.17) is 0 Å². The van der Waals surface area contributed by atoms with E-state index in [9.17, 15) is 9.59 Å². The number of nitrogens with one attached hydrogen (secondary N) is 1. The molecule has 0 aliphatic heterocycles. The van der Waals surface area contributed by atoms with Crippen LogP contribution in [-0.2, 0) is 0 Å². The number of benzene rings is 1. The van der Waals surface area contributed by atoms with Gasteiger partial charge in [-0.1, -0.05) is 12.1 Å². The predicted octanol–water partition coefficient (Wildman–Crippen LogP) is 1.84. The second-order valence-electron chi connectivity index (χ2n) is 5.15. The molecule has 0 aliphatic carbocycles. The second-order valence-corrected chi connectivity index (χ2v) is 5.15. The standard InChI is InChI=1S/C15H18N2O2/c1-9(2)16-13-12(14(18)15(13)19)10-5-7-11(8-6-10)17(3)4/h5-9,16H,1-4H3. The highest BCUT2D eigenvalue weighted by atomic mass is 16.2. The van der Waals surface area contributed by atoms with Crippen molar-refractivity contribution in [2.45, 2.75) is 19.9 Å². The van der Waals surface area contributed by atoms with Crippen LogP contribution >= 0.6 is 0 Å². The normalized spacial score (nSPS) is 11.0. The van der Waals surface area contributed by atoms with Crippen LogP contribution in [0, 0.1) is 0 Å². The summed E-state index contributed by atoms with van der Waals surface area (Å²) in [7, 11) is 3.91. The third-order valence-corrected chi connectivity index (χ3v) is 3.02. The number of hydrogen-bond donors (Lipinski definition) is 1. The van der Waals surface area contributed by atoms with Gasteiger partial charge in [-0.05, 0) is 31.5 Å². The summed E-state index contributed by atoms with van der Waals surface area (Å²) in [6, 6.07) is 7.74. The van der Waals surface area contributed by atoms with E-state index >= 15 is 0 Å². The maximum absolute atomic E-state index is 11.7. The molecule has 0 amide bonds. The van der Waals surface area contributed by atoms with Gasteiger partial charge in [0, 0.05) is 25.8 Å². The average Bonchev–Trinajstić information content (AvgIpc) is 2.37. The van der Waals surface area contributed by atoms with Crippen molar-refractivity contribution < 1.29 is 0 Å². The lowest BCUT2D eigenvalue weighted by atomic mass is 9.98. The first-order valence-corrected chi connectivity index (χ1v) is 6.29. The zero-order valence-corrected chi connectivity index (χ0v) is 11.7. The Kier molecular flexibility index (Phi) is 3.42. The summed E-state index contributed by atoms with van der Waals surface area (Å²) in [5.74, 6) is 0. The fourth-order valence-corrected chi connectivity index (χ4v) is 2.02. The van der Waals surface area contributed by atoms with Gasteiger partial charge < -0.3 is 10.2 Å². The molecule has 0 aromatic heterocycles. The Morgan fingerprint density at radius 2 is 1.58 bits per heavy atom. The zero-order chi connectivity index (χ0) is 14.2. The lowest BCUT2D eigenvalue weighted by Gasteiger charge is -2.17. The summed E-state index contributed by atoms with van der Waals surface area (Å²) < 4.78 is 0. The fraction of sp³-hybridized carbons (Fsp3) is 0.333. The molecule has 0 aliphatic rings. The third kappa shape index (κ3) is 2.38. The third-order valence-electron chi connectivity index (χ3n) is 3.02. The Morgan fingerprint density at radius 3 is 2.05 bits per heavy atom. The quantitative estimate of drug-likeness (QED) is 0.850. The smallest absolute Gasteiger partial charge is 0.250 e. The number of hydrogen-bond acceptors (Lipinski definition) is 4. The minimum atomic E-state index is -0.416. The fourth-order valence-electron chi connectivity index (χ4n) is 2.02. The largest absolute Gasteiger partial charge is 0.379 e. The minimum absolute atomic E-state index is 0.128. The lowest BCUT2D eigenvalue weighted by molar-refractivity contribution is 0.894. The van der Waals surface area contributed by atoms with Crippen molar-refractivity contribution in [3.05, 3.63) is 44.7 Å². The van der Waals surface area contributed by atoms with Gasteiger partial charge in [-0.2, -0.15) is 0 Å². The molecular formula is C15H18N2O2. The van der Waals surface area contributed by atoms with Crippen LogP contribution in [-0.4, -0.2) is 20.1 Å². The summed E-state index contributed by atoms with van der Waals surface area (Å²) in [5.41, 5.74) is 1.97. The van der Waals surface area contributed by atoms with Crippen molar-refractivity contribution in [2.24, 2.45) is 0 Å². The molecule has 2 aromatic rings. The summed E-state index contributed by atoms with van der Waals surface area (Å²) in [5, 5.41) is 3.04. The van der Waals surface area contributed by atoms with Crippen molar-refractivity contribution in [3.8, 4) is 11.1 Å². The predicted molar refractivity (Wildman–Crippen MR) is 79.9 cm³/mol. The molecule has 0 spiro atoms. The van der Waals surface area contributed by atoms with Gasteiger partial charge in [-0.15, -0.1) is 0 Å². The number of nitrogens with zero attached hydrogens (tertiary/aromatic N) is 1.